The maximum Gasteiger partial charge on any atom is 0.164 e. The van der Waals surface area contributed by atoms with Crippen molar-refractivity contribution < 1.29 is 30.3 Å². The maximum absolute atomic E-state index is 10.4. The summed E-state index contributed by atoms with van der Waals surface area (Å²) in [5.74, 6) is 0. The normalized spacial score (nSPS) is 34.5. The predicted molar refractivity (Wildman–Crippen MR) is 82.3 cm³/mol. The number of ether oxygens (including phenoxy) is 1. The van der Waals surface area contributed by atoms with Gasteiger partial charge in [-0.2, -0.15) is 0 Å². The molecular formula is C14H18ClN3O6. The van der Waals surface area contributed by atoms with Crippen LogP contribution in [0.1, 0.15) is 11.8 Å². The van der Waals surface area contributed by atoms with Crippen LogP contribution in [0.2, 0.25) is 5.15 Å². The summed E-state index contributed by atoms with van der Waals surface area (Å²) < 4.78 is 6.99. The number of nitrogens with zero attached hydrogens (tertiary/aromatic N) is 3. The lowest BCUT2D eigenvalue weighted by atomic mass is 10.0. The molecule has 10 heteroatoms. The van der Waals surface area contributed by atoms with Gasteiger partial charge in [0.1, 0.15) is 47.6 Å². The van der Waals surface area contributed by atoms with Crippen LogP contribution in [0.4, 0.5) is 0 Å². The van der Waals surface area contributed by atoms with E-state index in [-0.39, 0.29) is 5.15 Å². The summed E-state index contributed by atoms with van der Waals surface area (Å²) in [5.41, 5.74) is 1.07. The van der Waals surface area contributed by atoms with E-state index in [1.54, 1.807) is 13.1 Å². The zero-order valence-corrected chi connectivity index (χ0v) is 13.4. The molecule has 9 nitrogen and oxygen atoms in total. The molecule has 132 valence electrons. The third kappa shape index (κ3) is 2.68. The van der Waals surface area contributed by atoms with E-state index < -0.39 is 43.4 Å². The fourth-order valence-corrected chi connectivity index (χ4v) is 3.21. The average molecular weight is 360 g/mol. The first kappa shape index (κ1) is 17.5. The Kier molecular flexibility index (Phi) is 4.76. The van der Waals surface area contributed by atoms with Gasteiger partial charge in [0.2, 0.25) is 0 Å². The van der Waals surface area contributed by atoms with Crippen LogP contribution in [-0.2, 0) is 4.74 Å². The summed E-state index contributed by atoms with van der Waals surface area (Å²) in [6, 6.07) is 0. The molecule has 1 fully saturated rings. The summed E-state index contributed by atoms with van der Waals surface area (Å²) in [7, 11) is 0. The van der Waals surface area contributed by atoms with Gasteiger partial charge in [-0.05, 0) is 12.5 Å². The van der Waals surface area contributed by atoms with Crippen LogP contribution < -0.4 is 0 Å². The largest absolute Gasteiger partial charge is 0.394 e. The van der Waals surface area contributed by atoms with Gasteiger partial charge in [-0.25, -0.2) is 9.97 Å². The minimum Gasteiger partial charge on any atom is -0.394 e. The monoisotopic (exact) mass is 359 g/mol. The van der Waals surface area contributed by atoms with E-state index in [9.17, 15) is 25.5 Å². The molecule has 0 saturated carbocycles. The van der Waals surface area contributed by atoms with E-state index in [0.717, 1.165) is 0 Å². The topological polar surface area (TPSA) is 141 Å². The molecule has 6 atom stereocenters. The van der Waals surface area contributed by atoms with Crippen molar-refractivity contribution in [1.82, 2.24) is 14.5 Å². The molecule has 1 aliphatic rings. The van der Waals surface area contributed by atoms with Crippen LogP contribution in [0.5, 0.6) is 0 Å². The first-order chi connectivity index (χ1) is 11.4. The second kappa shape index (κ2) is 6.52. The summed E-state index contributed by atoms with van der Waals surface area (Å²) in [6.45, 7) is 1.16. The standard InChI is InChI=1S/C14H18ClN3O6/c1-5-2-18(13-7(5)12(15)16-4-17-13)14-11(23)10(22)9(21)8(20)6(3-19)24-14/h2,4,6,8-11,14,19-23H,3H2,1H3/t6?,8-,9-,10?,11?,14+/m0/s1. The first-order valence-electron chi connectivity index (χ1n) is 7.33. The van der Waals surface area contributed by atoms with Crippen molar-refractivity contribution in [2.75, 3.05) is 6.61 Å². The van der Waals surface area contributed by atoms with E-state index in [0.29, 0.717) is 16.6 Å². The molecule has 0 aliphatic carbocycles. The van der Waals surface area contributed by atoms with Crippen LogP contribution in [-0.4, -0.2) is 77.2 Å². The molecule has 1 aliphatic heterocycles. The zero-order chi connectivity index (χ0) is 17.6. The highest BCUT2D eigenvalue weighted by Gasteiger charge is 2.45. The van der Waals surface area contributed by atoms with Crippen molar-refractivity contribution in [1.29, 1.82) is 0 Å². The Bertz CT molecular complexity index is 739. The molecule has 0 spiro atoms. The minimum atomic E-state index is -1.68. The molecule has 3 unspecified atom stereocenters. The quantitative estimate of drug-likeness (QED) is 0.418. The predicted octanol–water partition coefficient (Wildman–Crippen LogP) is -1.27. The van der Waals surface area contributed by atoms with Crippen LogP contribution in [0.25, 0.3) is 11.0 Å². The van der Waals surface area contributed by atoms with Gasteiger partial charge in [-0.1, -0.05) is 11.6 Å². The van der Waals surface area contributed by atoms with E-state index >= 15 is 0 Å². The van der Waals surface area contributed by atoms with Gasteiger partial charge >= 0.3 is 0 Å². The third-order valence-electron chi connectivity index (χ3n) is 4.24. The maximum atomic E-state index is 10.4. The van der Waals surface area contributed by atoms with Crippen molar-refractivity contribution in [3.8, 4) is 0 Å². The zero-order valence-electron chi connectivity index (χ0n) is 12.7. The lowest BCUT2D eigenvalue weighted by Gasteiger charge is -2.27. The summed E-state index contributed by atoms with van der Waals surface area (Å²) in [6.07, 6.45) is -6.06. The van der Waals surface area contributed by atoms with Crippen LogP contribution in [0, 0.1) is 6.92 Å². The van der Waals surface area contributed by atoms with E-state index in [2.05, 4.69) is 9.97 Å². The Morgan fingerprint density at radius 2 is 1.79 bits per heavy atom. The summed E-state index contributed by atoms with van der Waals surface area (Å²) in [4.78, 5) is 8.03. The molecule has 3 heterocycles. The van der Waals surface area contributed by atoms with Gasteiger partial charge < -0.3 is 34.8 Å². The van der Waals surface area contributed by atoms with Crippen molar-refractivity contribution in [2.45, 2.75) is 43.7 Å². The number of hydrogen-bond donors (Lipinski definition) is 5. The van der Waals surface area contributed by atoms with Gasteiger partial charge in [0.15, 0.2) is 6.23 Å². The van der Waals surface area contributed by atoms with Gasteiger partial charge in [0.05, 0.1) is 12.0 Å². The summed E-state index contributed by atoms with van der Waals surface area (Å²) in [5, 5.41) is 50.5. The molecule has 2 aromatic rings. The summed E-state index contributed by atoms with van der Waals surface area (Å²) >= 11 is 6.08. The molecule has 0 aromatic carbocycles. The van der Waals surface area contributed by atoms with Crippen LogP contribution >= 0.6 is 11.6 Å². The van der Waals surface area contributed by atoms with Crippen molar-refractivity contribution in [2.24, 2.45) is 0 Å². The van der Waals surface area contributed by atoms with Gasteiger partial charge in [-0.15, -0.1) is 0 Å². The SMILES string of the molecule is Cc1cn([C@@H]2OC(CO)[C@H](O)[C@H](O)C(O)C2O)c2ncnc(Cl)c12. The molecule has 0 bridgehead atoms. The molecular weight excluding hydrogens is 342 g/mol. The van der Waals surface area contributed by atoms with E-state index in [1.807, 2.05) is 0 Å². The Hall–Kier alpha value is -1.33. The molecule has 5 N–H and O–H groups in total. The number of rotatable bonds is 2. The molecule has 2 aromatic heterocycles. The Balaban J connectivity index is 2.12. The lowest BCUT2D eigenvalue weighted by Crippen LogP contribution is -2.47. The highest BCUT2D eigenvalue weighted by Crippen LogP contribution is 2.33. The number of aliphatic hydroxyl groups is 5. The second-order valence-corrected chi connectivity index (χ2v) is 6.15. The fraction of sp³-hybridized carbons (Fsp3) is 0.571. The number of aliphatic hydroxyl groups excluding tert-OH is 5. The number of hydrogen-bond acceptors (Lipinski definition) is 8. The third-order valence-corrected chi connectivity index (χ3v) is 4.53. The second-order valence-electron chi connectivity index (χ2n) is 5.79. The highest BCUT2D eigenvalue weighted by atomic mass is 35.5. The van der Waals surface area contributed by atoms with Gasteiger partial charge in [0, 0.05) is 6.20 Å². The average Bonchev–Trinajstić information content (AvgIpc) is 2.88. The van der Waals surface area contributed by atoms with E-state index in [4.69, 9.17) is 16.3 Å². The number of halogens is 1. The van der Waals surface area contributed by atoms with Crippen molar-refractivity contribution in [3.05, 3.63) is 23.2 Å². The Morgan fingerprint density at radius 1 is 1.12 bits per heavy atom. The van der Waals surface area contributed by atoms with Crippen molar-refractivity contribution >= 4 is 22.6 Å². The minimum absolute atomic E-state index is 0.221. The molecule has 24 heavy (non-hydrogen) atoms. The Labute approximate surface area is 141 Å². The number of aromatic nitrogens is 3. The molecule has 1 saturated heterocycles. The van der Waals surface area contributed by atoms with Gasteiger partial charge in [0.25, 0.3) is 0 Å². The van der Waals surface area contributed by atoms with E-state index in [1.165, 1.54) is 10.9 Å². The Morgan fingerprint density at radius 3 is 2.46 bits per heavy atom. The molecule has 0 radical (unpaired) electrons. The fourth-order valence-electron chi connectivity index (χ4n) is 2.93. The van der Waals surface area contributed by atoms with Crippen molar-refractivity contribution in [3.63, 3.8) is 0 Å². The van der Waals surface area contributed by atoms with Crippen LogP contribution in [0.3, 0.4) is 0 Å². The molecule has 3 rings (SSSR count). The number of aryl methyl sites for hydroxylation is 1. The highest BCUT2D eigenvalue weighted by molar-refractivity contribution is 6.34. The smallest absolute Gasteiger partial charge is 0.164 e. The van der Waals surface area contributed by atoms with Crippen LogP contribution in [0.15, 0.2) is 12.5 Å². The molecule has 0 amide bonds. The van der Waals surface area contributed by atoms with Gasteiger partial charge in [-0.3, -0.25) is 0 Å². The lowest BCUT2D eigenvalue weighted by molar-refractivity contribution is -0.149. The first-order valence-corrected chi connectivity index (χ1v) is 7.70. The number of fused-ring (bicyclic) bond motifs is 1.